The number of rotatable bonds is 0. The van der Waals surface area contributed by atoms with E-state index in [1.54, 1.807) is 13.9 Å². The van der Waals surface area contributed by atoms with Crippen LogP contribution in [0.5, 0.6) is 0 Å². The van der Waals surface area contributed by atoms with Gasteiger partial charge in [-0.3, -0.25) is 4.79 Å². The Bertz CT molecular complexity index is 337. The van der Waals surface area contributed by atoms with Crippen molar-refractivity contribution in [3.63, 3.8) is 0 Å². The van der Waals surface area contributed by atoms with Crippen molar-refractivity contribution >= 4 is 13.3 Å². The van der Waals surface area contributed by atoms with Gasteiger partial charge in [0.05, 0.1) is 0 Å². The predicted octanol–water partition coefficient (Wildman–Crippen LogP) is -2.10. The molecule has 0 amide bonds. The zero-order valence-electron chi connectivity index (χ0n) is 5.38. The van der Waals surface area contributed by atoms with Crippen LogP contribution in [0.1, 0.15) is 5.56 Å². The maximum Gasteiger partial charge on any atom is 0.281 e. The Morgan fingerprint density at radius 2 is 2.50 bits per heavy atom. The van der Waals surface area contributed by atoms with Gasteiger partial charge in [0.15, 0.2) is 0 Å². The highest BCUT2D eigenvalue weighted by Crippen LogP contribution is 1.75. The molecule has 1 aromatic rings. The van der Waals surface area contributed by atoms with Gasteiger partial charge in [0.25, 0.3) is 5.56 Å². The SMILES string of the molecule is Bc1cn[nH]c(=O)c1C#N. The Morgan fingerprint density at radius 3 is 2.90 bits per heavy atom. The summed E-state index contributed by atoms with van der Waals surface area (Å²) >= 11 is 0. The van der Waals surface area contributed by atoms with E-state index in [1.165, 1.54) is 6.20 Å². The van der Waals surface area contributed by atoms with Crippen molar-refractivity contribution in [1.29, 1.82) is 5.26 Å². The quantitative estimate of drug-likeness (QED) is 0.412. The summed E-state index contributed by atoms with van der Waals surface area (Å²) in [7, 11) is 1.67. The van der Waals surface area contributed by atoms with Crippen molar-refractivity contribution < 1.29 is 0 Å². The molecule has 0 spiro atoms. The molecule has 0 aliphatic rings. The van der Waals surface area contributed by atoms with E-state index in [0.29, 0.717) is 5.46 Å². The van der Waals surface area contributed by atoms with Crippen LogP contribution < -0.4 is 11.0 Å². The second kappa shape index (κ2) is 2.35. The van der Waals surface area contributed by atoms with Crippen LogP contribution in [0.4, 0.5) is 0 Å². The summed E-state index contributed by atoms with van der Waals surface area (Å²) < 4.78 is 0. The van der Waals surface area contributed by atoms with Crippen molar-refractivity contribution in [3.05, 3.63) is 22.1 Å². The highest BCUT2D eigenvalue weighted by Gasteiger charge is 1.99. The zero-order chi connectivity index (χ0) is 7.56. The number of hydrogen-bond donors (Lipinski definition) is 1. The summed E-state index contributed by atoms with van der Waals surface area (Å²) in [5.41, 5.74) is 0.309. The molecule has 0 bridgehead atoms. The minimum Gasteiger partial charge on any atom is -0.267 e. The van der Waals surface area contributed by atoms with Gasteiger partial charge in [0.1, 0.15) is 19.5 Å². The molecule has 0 saturated carbocycles. The molecular weight excluding hydrogens is 129 g/mol. The first-order valence-electron chi connectivity index (χ1n) is 2.70. The number of H-pyrrole nitrogens is 1. The molecule has 0 unspecified atom stereocenters. The van der Waals surface area contributed by atoms with Crippen LogP contribution in [0.3, 0.4) is 0 Å². The van der Waals surface area contributed by atoms with Crippen LogP contribution in [-0.2, 0) is 0 Å². The van der Waals surface area contributed by atoms with Gasteiger partial charge in [0, 0.05) is 6.20 Å². The molecule has 0 radical (unpaired) electrons. The summed E-state index contributed by atoms with van der Waals surface area (Å²) in [6, 6.07) is 1.78. The topological polar surface area (TPSA) is 69.5 Å². The normalized spacial score (nSPS) is 8.70. The molecule has 1 N–H and O–H groups in total. The van der Waals surface area contributed by atoms with Crippen LogP contribution >= 0.6 is 0 Å². The third-order valence-electron chi connectivity index (χ3n) is 1.16. The molecule has 1 heterocycles. The van der Waals surface area contributed by atoms with E-state index in [9.17, 15) is 4.79 Å². The van der Waals surface area contributed by atoms with Gasteiger partial charge in [-0.1, -0.05) is 0 Å². The van der Waals surface area contributed by atoms with Gasteiger partial charge < -0.3 is 0 Å². The van der Waals surface area contributed by atoms with E-state index in [0.717, 1.165) is 0 Å². The number of nitriles is 1. The highest BCUT2D eigenvalue weighted by molar-refractivity contribution is 6.33. The summed E-state index contributed by atoms with van der Waals surface area (Å²) in [4.78, 5) is 10.7. The van der Waals surface area contributed by atoms with E-state index >= 15 is 0 Å². The van der Waals surface area contributed by atoms with E-state index in [-0.39, 0.29) is 5.56 Å². The molecule has 0 aromatic carbocycles. The number of aromatic amines is 1. The third kappa shape index (κ3) is 0.912. The molecular formula is C5H4BN3O. The van der Waals surface area contributed by atoms with E-state index in [4.69, 9.17) is 5.26 Å². The molecule has 0 atom stereocenters. The summed E-state index contributed by atoms with van der Waals surface area (Å²) in [6.45, 7) is 0. The Labute approximate surface area is 57.9 Å². The van der Waals surface area contributed by atoms with E-state index in [2.05, 4.69) is 10.2 Å². The molecule has 10 heavy (non-hydrogen) atoms. The van der Waals surface area contributed by atoms with Gasteiger partial charge in [-0.2, -0.15) is 10.4 Å². The van der Waals surface area contributed by atoms with Gasteiger partial charge in [-0.15, -0.1) is 0 Å². The Hall–Kier alpha value is -1.57. The van der Waals surface area contributed by atoms with Gasteiger partial charge in [-0.25, -0.2) is 5.10 Å². The second-order valence-corrected chi connectivity index (χ2v) is 1.87. The lowest BCUT2D eigenvalue weighted by molar-refractivity contribution is 0.990. The first-order chi connectivity index (χ1) is 4.75. The zero-order valence-corrected chi connectivity index (χ0v) is 5.38. The van der Waals surface area contributed by atoms with Gasteiger partial charge in [-0.05, 0) is 5.46 Å². The smallest absolute Gasteiger partial charge is 0.267 e. The van der Waals surface area contributed by atoms with Crippen molar-refractivity contribution in [1.82, 2.24) is 10.2 Å². The number of aromatic nitrogens is 2. The number of hydrogen-bond acceptors (Lipinski definition) is 3. The fourth-order valence-corrected chi connectivity index (χ4v) is 0.626. The van der Waals surface area contributed by atoms with Crippen LogP contribution in [-0.4, -0.2) is 18.0 Å². The molecule has 1 aromatic heterocycles. The summed E-state index contributed by atoms with van der Waals surface area (Å²) in [6.07, 6.45) is 1.44. The highest BCUT2D eigenvalue weighted by atomic mass is 16.1. The molecule has 48 valence electrons. The fourth-order valence-electron chi connectivity index (χ4n) is 0.626. The lowest BCUT2D eigenvalue weighted by atomic mass is 9.94. The monoisotopic (exact) mass is 133 g/mol. The molecule has 0 fully saturated rings. The fraction of sp³-hybridized carbons (Fsp3) is 0. The largest absolute Gasteiger partial charge is 0.281 e. The van der Waals surface area contributed by atoms with Crippen molar-refractivity contribution in [3.8, 4) is 6.07 Å². The lowest BCUT2D eigenvalue weighted by Gasteiger charge is -1.89. The molecule has 0 saturated heterocycles. The first-order valence-corrected chi connectivity index (χ1v) is 2.70. The average molecular weight is 133 g/mol. The lowest BCUT2D eigenvalue weighted by Crippen LogP contribution is -2.23. The van der Waals surface area contributed by atoms with E-state index in [1.807, 2.05) is 0 Å². The minimum atomic E-state index is -0.428. The van der Waals surface area contributed by atoms with Crippen molar-refractivity contribution in [2.24, 2.45) is 0 Å². The van der Waals surface area contributed by atoms with Crippen LogP contribution in [0, 0.1) is 11.3 Å². The Balaban J connectivity index is 3.50. The van der Waals surface area contributed by atoms with E-state index < -0.39 is 5.56 Å². The van der Waals surface area contributed by atoms with Crippen molar-refractivity contribution in [2.75, 3.05) is 0 Å². The predicted molar refractivity (Wildman–Crippen MR) is 37.8 cm³/mol. The maximum atomic E-state index is 10.7. The molecule has 5 heteroatoms. The van der Waals surface area contributed by atoms with Gasteiger partial charge in [0.2, 0.25) is 0 Å². The van der Waals surface area contributed by atoms with Gasteiger partial charge >= 0.3 is 0 Å². The first kappa shape index (κ1) is 6.55. The van der Waals surface area contributed by atoms with Crippen molar-refractivity contribution in [2.45, 2.75) is 0 Å². The summed E-state index contributed by atoms with van der Waals surface area (Å²) in [5.74, 6) is 0. The minimum absolute atomic E-state index is 0.134. The molecule has 0 aliphatic carbocycles. The maximum absolute atomic E-state index is 10.7. The second-order valence-electron chi connectivity index (χ2n) is 1.87. The number of nitrogens with one attached hydrogen (secondary N) is 1. The number of nitrogens with zero attached hydrogens (tertiary/aromatic N) is 2. The molecule has 0 aliphatic heterocycles. The van der Waals surface area contributed by atoms with Crippen LogP contribution in [0.15, 0.2) is 11.0 Å². The Kier molecular flexibility index (Phi) is 1.54. The standard InChI is InChI=1S/C5H4BN3O/c6-4-2-8-9-5(10)3(4)1-7/h2H,6H2,(H,9,10). The average Bonchev–Trinajstić information content (AvgIpc) is 1.88. The third-order valence-corrected chi connectivity index (χ3v) is 1.16. The molecule has 1 rings (SSSR count). The Morgan fingerprint density at radius 1 is 1.80 bits per heavy atom. The summed E-state index contributed by atoms with van der Waals surface area (Å²) in [5, 5.41) is 14.1. The molecule has 4 nitrogen and oxygen atoms in total. The van der Waals surface area contributed by atoms with Crippen LogP contribution in [0.25, 0.3) is 0 Å². The van der Waals surface area contributed by atoms with Crippen LogP contribution in [0.2, 0.25) is 0 Å².